The quantitative estimate of drug-likeness (QED) is 0.905. The first-order valence-corrected chi connectivity index (χ1v) is 6.65. The number of hydrogen-bond acceptors (Lipinski definition) is 3. The van der Waals surface area contributed by atoms with Crippen molar-refractivity contribution in [3.63, 3.8) is 0 Å². The van der Waals surface area contributed by atoms with Crippen LogP contribution in [0.4, 0.5) is 0 Å². The van der Waals surface area contributed by atoms with E-state index in [0.29, 0.717) is 5.25 Å². The Hall–Kier alpha value is -0.190. The van der Waals surface area contributed by atoms with Crippen molar-refractivity contribution in [2.45, 2.75) is 17.9 Å². The predicted octanol–water partition coefficient (Wildman–Crippen LogP) is 3.04. The molecule has 0 aliphatic carbocycles. The molecule has 0 heterocycles. The zero-order chi connectivity index (χ0) is 11.3. The monoisotopic (exact) mass is 289 g/mol. The molecule has 0 amide bonds. The normalized spacial score (nSPS) is 12.5. The van der Waals surface area contributed by atoms with Crippen molar-refractivity contribution in [3.8, 4) is 5.75 Å². The van der Waals surface area contributed by atoms with Crippen LogP contribution in [-0.2, 0) is 5.75 Å². The highest BCUT2D eigenvalue weighted by Gasteiger charge is 2.03. The highest BCUT2D eigenvalue weighted by molar-refractivity contribution is 9.10. The molecule has 4 heteroatoms. The van der Waals surface area contributed by atoms with Crippen molar-refractivity contribution in [1.29, 1.82) is 0 Å². The molecule has 84 valence electrons. The van der Waals surface area contributed by atoms with E-state index in [9.17, 15) is 0 Å². The van der Waals surface area contributed by atoms with Crippen molar-refractivity contribution in [2.24, 2.45) is 5.73 Å². The fraction of sp³-hybridized carbons (Fsp3) is 0.455. The second-order valence-corrected chi connectivity index (χ2v) is 5.61. The fourth-order valence-corrected chi connectivity index (χ4v) is 2.49. The van der Waals surface area contributed by atoms with E-state index in [0.717, 1.165) is 22.5 Å². The van der Waals surface area contributed by atoms with Crippen molar-refractivity contribution in [2.75, 3.05) is 13.7 Å². The third-order valence-electron chi connectivity index (χ3n) is 2.08. The van der Waals surface area contributed by atoms with Gasteiger partial charge in [-0.1, -0.05) is 13.0 Å². The molecule has 0 bridgehead atoms. The summed E-state index contributed by atoms with van der Waals surface area (Å²) in [5.41, 5.74) is 6.85. The molecule has 1 rings (SSSR count). The lowest BCUT2D eigenvalue weighted by Crippen LogP contribution is -2.12. The van der Waals surface area contributed by atoms with Crippen molar-refractivity contribution in [3.05, 3.63) is 28.2 Å². The van der Waals surface area contributed by atoms with E-state index in [1.807, 2.05) is 17.8 Å². The van der Waals surface area contributed by atoms with Crippen LogP contribution in [0.1, 0.15) is 12.5 Å². The third kappa shape index (κ3) is 4.05. The number of rotatable bonds is 5. The Morgan fingerprint density at radius 3 is 2.80 bits per heavy atom. The second-order valence-electron chi connectivity index (χ2n) is 3.33. The second kappa shape index (κ2) is 6.40. The van der Waals surface area contributed by atoms with Gasteiger partial charge in [0, 0.05) is 17.5 Å². The van der Waals surface area contributed by atoms with Crippen molar-refractivity contribution < 1.29 is 4.74 Å². The Morgan fingerprint density at radius 2 is 2.27 bits per heavy atom. The Balaban J connectivity index is 2.59. The van der Waals surface area contributed by atoms with Gasteiger partial charge in [0.2, 0.25) is 0 Å². The fourth-order valence-electron chi connectivity index (χ4n) is 1.11. The maximum absolute atomic E-state index is 5.56. The number of nitrogens with two attached hydrogens (primary N) is 1. The van der Waals surface area contributed by atoms with Crippen LogP contribution in [0.25, 0.3) is 0 Å². The van der Waals surface area contributed by atoms with Crippen LogP contribution in [-0.4, -0.2) is 18.9 Å². The van der Waals surface area contributed by atoms with Gasteiger partial charge in [0.15, 0.2) is 0 Å². The summed E-state index contributed by atoms with van der Waals surface area (Å²) in [5, 5.41) is 0.505. The lowest BCUT2D eigenvalue weighted by atomic mass is 10.2. The molecule has 0 radical (unpaired) electrons. The van der Waals surface area contributed by atoms with Gasteiger partial charge in [0.05, 0.1) is 11.6 Å². The van der Waals surface area contributed by atoms with Gasteiger partial charge in [0.1, 0.15) is 5.75 Å². The van der Waals surface area contributed by atoms with E-state index in [1.165, 1.54) is 5.56 Å². The van der Waals surface area contributed by atoms with Crippen LogP contribution in [0, 0.1) is 0 Å². The van der Waals surface area contributed by atoms with E-state index in [1.54, 1.807) is 7.11 Å². The van der Waals surface area contributed by atoms with Crippen LogP contribution < -0.4 is 10.5 Å². The molecule has 0 aromatic heterocycles. The van der Waals surface area contributed by atoms with Gasteiger partial charge in [0.25, 0.3) is 0 Å². The molecule has 1 unspecified atom stereocenters. The molecule has 1 aromatic rings. The SMILES string of the molecule is COc1ccc(CSC(C)CN)cc1Br. The number of hydrogen-bond donors (Lipinski definition) is 1. The van der Waals surface area contributed by atoms with E-state index in [2.05, 4.69) is 35.0 Å². The largest absolute Gasteiger partial charge is 0.496 e. The maximum Gasteiger partial charge on any atom is 0.133 e. The molecule has 1 aromatic carbocycles. The first-order chi connectivity index (χ1) is 7.17. The lowest BCUT2D eigenvalue weighted by Gasteiger charge is -2.09. The zero-order valence-electron chi connectivity index (χ0n) is 9.00. The maximum atomic E-state index is 5.56. The first kappa shape index (κ1) is 12.9. The smallest absolute Gasteiger partial charge is 0.133 e. The summed E-state index contributed by atoms with van der Waals surface area (Å²) in [6, 6.07) is 6.15. The molecule has 0 aliphatic rings. The molecule has 2 nitrogen and oxygen atoms in total. The van der Waals surface area contributed by atoms with E-state index in [4.69, 9.17) is 10.5 Å². The predicted molar refractivity (Wildman–Crippen MR) is 70.5 cm³/mol. The number of ether oxygens (including phenoxy) is 1. The van der Waals surface area contributed by atoms with E-state index >= 15 is 0 Å². The molecule has 0 saturated carbocycles. The highest BCUT2D eigenvalue weighted by Crippen LogP contribution is 2.27. The molecule has 15 heavy (non-hydrogen) atoms. The Bertz CT molecular complexity index is 319. The van der Waals surface area contributed by atoms with E-state index < -0.39 is 0 Å². The van der Waals surface area contributed by atoms with Crippen molar-refractivity contribution >= 4 is 27.7 Å². The molecule has 0 aliphatic heterocycles. The summed E-state index contributed by atoms with van der Waals surface area (Å²) in [6.07, 6.45) is 0. The molecular weight excluding hydrogens is 274 g/mol. The molecule has 2 N–H and O–H groups in total. The summed E-state index contributed by atoms with van der Waals surface area (Å²) < 4.78 is 6.18. The van der Waals surface area contributed by atoms with Gasteiger partial charge in [-0.15, -0.1) is 0 Å². The minimum absolute atomic E-state index is 0.505. The molecule has 0 saturated heterocycles. The summed E-state index contributed by atoms with van der Waals surface area (Å²) in [4.78, 5) is 0. The van der Waals surface area contributed by atoms with Gasteiger partial charge < -0.3 is 10.5 Å². The minimum Gasteiger partial charge on any atom is -0.496 e. The first-order valence-electron chi connectivity index (χ1n) is 4.81. The summed E-state index contributed by atoms with van der Waals surface area (Å²) in [6.45, 7) is 2.87. The van der Waals surface area contributed by atoms with Crippen LogP contribution in [0.3, 0.4) is 0 Å². The van der Waals surface area contributed by atoms with Gasteiger partial charge in [-0.2, -0.15) is 11.8 Å². The number of halogens is 1. The summed E-state index contributed by atoms with van der Waals surface area (Å²) in [5.74, 6) is 1.86. The van der Waals surface area contributed by atoms with Gasteiger partial charge in [-0.25, -0.2) is 0 Å². The topological polar surface area (TPSA) is 35.2 Å². The van der Waals surface area contributed by atoms with Crippen molar-refractivity contribution in [1.82, 2.24) is 0 Å². The average Bonchev–Trinajstić information content (AvgIpc) is 2.26. The van der Waals surface area contributed by atoms with Gasteiger partial charge in [-0.3, -0.25) is 0 Å². The number of thioether (sulfide) groups is 1. The minimum atomic E-state index is 0.505. The Kier molecular flexibility index (Phi) is 5.50. The third-order valence-corrected chi connectivity index (χ3v) is 3.96. The van der Waals surface area contributed by atoms with Crippen LogP contribution >= 0.6 is 27.7 Å². The molecule has 1 atom stereocenters. The van der Waals surface area contributed by atoms with Gasteiger partial charge >= 0.3 is 0 Å². The zero-order valence-corrected chi connectivity index (χ0v) is 11.4. The lowest BCUT2D eigenvalue weighted by molar-refractivity contribution is 0.412. The van der Waals surface area contributed by atoms with Crippen LogP contribution in [0.5, 0.6) is 5.75 Å². The molecule has 0 fully saturated rings. The summed E-state index contributed by atoms with van der Waals surface area (Å²) in [7, 11) is 1.67. The van der Waals surface area contributed by atoms with Gasteiger partial charge in [-0.05, 0) is 33.6 Å². The highest BCUT2D eigenvalue weighted by atomic mass is 79.9. The van der Waals surface area contributed by atoms with Crippen LogP contribution in [0.15, 0.2) is 22.7 Å². The molecular formula is C11H16BrNOS. The number of methoxy groups -OCH3 is 1. The number of benzene rings is 1. The standard InChI is InChI=1S/C11H16BrNOS/c1-8(6-13)15-7-9-3-4-11(14-2)10(12)5-9/h3-5,8H,6-7,13H2,1-2H3. The Labute approximate surface area is 104 Å². The molecule has 0 spiro atoms. The van der Waals surface area contributed by atoms with E-state index in [-0.39, 0.29) is 0 Å². The average molecular weight is 290 g/mol. The van der Waals surface area contributed by atoms with Crippen LogP contribution in [0.2, 0.25) is 0 Å². The summed E-state index contributed by atoms with van der Waals surface area (Å²) >= 11 is 5.34. The Morgan fingerprint density at radius 1 is 1.53 bits per heavy atom.